The lowest BCUT2D eigenvalue weighted by Gasteiger charge is -2.21. The number of hydrogen-bond acceptors (Lipinski definition) is 1. The van der Waals surface area contributed by atoms with Crippen molar-refractivity contribution in [3.8, 4) is 0 Å². The Morgan fingerprint density at radius 1 is 0.920 bits per heavy atom. The van der Waals surface area contributed by atoms with Gasteiger partial charge >= 0.3 is 0 Å². The van der Waals surface area contributed by atoms with Gasteiger partial charge in [0, 0.05) is 28.9 Å². The van der Waals surface area contributed by atoms with Crippen LogP contribution < -0.4 is 0 Å². The summed E-state index contributed by atoms with van der Waals surface area (Å²) in [7, 11) is 0. The van der Waals surface area contributed by atoms with Crippen LogP contribution in [0.25, 0.3) is 17.0 Å². The molecule has 1 aliphatic carbocycles. The van der Waals surface area contributed by atoms with Gasteiger partial charge in [0.15, 0.2) is 0 Å². The van der Waals surface area contributed by atoms with Gasteiger partial charge in [-0.2, -0.15) is 0 Å². The van der Waals surface area contributed by atoms with Crippen LogP contribution >= 0.6 is 0 Å². The quantitative estimate of drug-likeness (QED) is 0.574. The van der Waals surface area contributed by atoms with E-state index in [1.54, 1.807) is 0 Å². The SMILES string of the molecule is CCn1c2c(c3ccccc31)CCC(C1=Nc3ccccc3CC1)=C2. The minimum absolute atomic E-state index is 1.01. The molecule has 2 heteroatoms. The van der Waals surface area contributed by atoms with Crippen LogP contribution in [0.1, 0.15) is 36.6 Å². The predicted molar refractivity (Wildman–Crippen MR) is 106 cm³/mol. The van der Waals surface area contributed by atoms with Gasteiger partial charge in [-0.15, -0.1) is 0 Å². The second kappa shape index (κ2) is 5.73. The van der Waals surface area contributed by atoms with Crippen molar-refractivity contribution in [2.24, 2.45) is 4.99 Å². The van der Waals surface area contributed by atoms with Crippen LogP contribution in [0.15, 0.2) is 59.1 Å². The number of rotatable bonds is 2. The minimum Gasteiger partial charge on any atom is -0.341 e. The van der Waals surface area contributed by atoms with Crippen LogP contribution in [0.3, 0.4) is 0 Å². The molecule has 0 saturated carbocycles. The van der Waals surface area contributed by atoms with E-state index >= 15 is 0 Å². The minimum atomic E-state index is 1.01. The highest BCUT2D eigenvalue weighted by Crippen LogP contribution is 2.36. The summed E-state index contributed by atoms with van der Waals surface area (Å²) in [5.41, 5.74) is 9.53. The zero-order valence-corrected chi connectivity index (χ0v) is 14.6. The zero-order chi connectivity index (χ0) is 16.8. The molecule has 2 heterocycles. The van der Waals surface area contributed by atoms with Gasteiger partial charge in [-0.25, -0.2) is 0 Å². The summed E-state index contributed by atoms with van der Waals surface area (Å²) in [5, 5.41) is 1.42. The molecule has 0 radical (unpaired) electrons. The Balaban J connectivity index is 1.64. The fourth-order valence-corrected chi connectivity index (χ4v) is 4.41. The molecule has 0 N–H and O–H groups in total. The molecule has 3 aromatic rings. The van der Waals surface area contributed by atoms with E-state index < -0.39 is 0 Å². The fraction of sp³-hybridized carbons (Fsp3) is 0.261. The van der Waals surface area contributed by atoms with Crippen LogP contribution in [-0.4, -0.2) is 10.3 Å². The predicted octanol–water partition coefficient (Wildman–Crippen LogP) is 5.71. The lowest BCUT2D eigenvalue weighted by molar-refractivity contribution is 0.775. The molecule has 0 bridgehead atoms. The van der Waals surface area contributed by atoms with Crippen molar-refractivity contribution < 1.29 is 0 Å². The molecule has 2 aromatic carbocycles. The summed E-state index contributed by atoms with van der Waals surface area (Å²) in [6.07, 6.45) is 6.80. The van der Waals surface area contributed by atoms with E-state index in [9.17, 15) is 0 Å². The Morgan fingerprint density at radius 2 is 1.76 bits per heavy atom. The van der Waals surface area contributed by atoms with E-state index in [1.165, 1.54) is 39.0 Å². The second-order valence-corrected chi connectivity index (χ2v) is 6.98. The van der Waals surface area contributed by atoms with Gasteiger partial charge in [0.25, 0.3) is 0 Å². The average molecular weight is 326 g/mol. The van der Waals surface area contributed by atoms with Crippen molar-refractivity contribution >= 4 is 28.4 Å². The van der Waals surface area contributed by atoms with Gasteiger partial charge in [-0.05, 0) is 67.5 Å². The third kappa shape index (κ3) is 2.28. The molecule has 25 heavy (non-hydrogen) atoms. The van der Waals surface area contributed by atoms with Gasteiger partial charge in [0.2, 0.25) is 0 Å². The lowest BCUT2D eigenvalue weighted by Crippen LogP contribution is -2.13. The first-order valence-corrected chi connectivity index (χ1v) is 9.31. The van der Waals surface area contributed by atoms with Gasteiger partial charge in [0.05, 0.1) is 5.69 Å². The number of nitrogens with zero attached hydrogens (tertiary/aromatic N) is 2. The van der Waals surface area contributed by atoms with Gasteiger partial charge in [-0.3, -0.25) is 4.99 Å². The van der Waals surface area contributed by atoms with Crippen LogP contribution in [0.4, 0.5) is 5.69 Å². The summed E-state index contributed by atoms with van der Waals surface area (Å²) < 4.78 is 2.46. The molecule has 2 aliphatic rings. The Kier molecular flexibility index (Phi) is 3.37. The topological polar surface area (TPSA) is 17.3 Å². The Hall–Kier alpha value is -2.61. The van der Waals surface area contributed by atoms with Gasteiger partial charge in [-0.1, -0.05) is 36.4 Å². The number of para-hydroxylation sites is 2. The van der Waals surface area contributed by atoms with Crippen molar-refractivity contribution in [2.45, 2.75) is 39.2 Å². The lowest BCUT2D eigenvalue weighted by atomic mass is 9.89. The monoisotopic (exact) mass is 326 g/mol. The highest BCUT2D eigenvalue weighted by molar-refractivity contribution is 6.07. The largest absolute Gasteiger partial charge is 0.341 e. The summed E-state index contributed by atoms with van der Waals surface area (Å²) in [6.45, 7) is 3.25. The average Bonchev–Trinajstić information content (AvgIpc) is 3.00. The molecule has 0 spiro atoms. The Morgan fingerprint density at radius 3 is 2.68 bits per heavy atom. The van der Waals surface area contributed by atoms with Crippen LogP contribution in [0, 0.1) is 0 Å². The Labute approximate surface area is 148 Å². The molecule has 0 unspecified atom stereocenters. The summed E-state index contributed by atoms with van der Waals surface area (Å²) >= 11 is 0. The fourth-order valence-electron chi connectivity index (χ4n) is 4.41. The molecule has 0 saturated heterocycles. The van der Waals surface area contributed by atoms with Gasteiger partial charge in [0.1, 0.15) is 0 Å². The smallest absolute Gasteiger partial charge is 0.0665 e. The van der Waals surface area contributed by atoms with E-state index in [0.717, 1.165) is 37.9 Å². The molecule has 1 aliphatic heterocycles. The van der Waals surface area contributed by atoms with Crippen molar-refractivity contribution in [1.29, 1.82) is 0 Å². The number of hydrogen-bond donors (Lipinski definition) is 0. The third-order valence-electron chi connectivity index (χ3n) is 5.64. The van der Waals surface area contributed by atoms with Crippen molar-refractivity contribution in [3.63, 3.8) is 0 Å². The summed E-state index contributed by atoms with van der Waals surface area (Å²) in [5.74, 6) is 0. The van der Waals surface area contributed by atoms with E-state index in [2.05, 4.69) is 66.1 Å². The van der Waals surface area contributed by atoms with E-state index in [0.29, 0.717) is 0 Å². The van der Waals surface area contributed by atoms with Crippen LogP contribution in [0.2, 0.25) is 0 Å². The van der Waals surface area contributed by atoms with E-state index in [4.69, 9.17) is 4.99 Å². The van der Waals surface area contributed by atoms with E-state index in [1.807, 2.05) is 0 Å². The van der Waals surface area contributed by atoms with Crippen molar-refractivity contribution in [2.75, 3.05) is 0 Å². The number of allylic oxidation sites excluding steroid dienone is 1. The molecule has 5 rings (SSSR count). The highest BCUT2D eigenvalue weighted by Gasteiger charge is 2.22. The number of benzene rings is 2. The number of fused-ring (bicyclic) bond motifs is 4. The normalized spacial score (nSPS) is 16.2. The van der Waals surface area contributed by atoms with Crippen molar-refractivity contribution in [1.82, 2.24) is 4.57 Å². The highest BCUT2D eigenvalue weighted by atomic mass is 15.0. The maximum Gasteiger partial charge on any atom is 0.0665 e. The first-order chi connectivity index (χ1) is 12.3. The van der Waals surface area contributed by atoms with Crippen LogP contribution in [0.5, 0.6) is 0 Å². The standard InChI is InChI=1S/C23H22N2/c1-2-25-22-10-6-4-8-18(22)19-13-11-17(15-23(19)25)21-14-12-16-7-3-5-9-20(16)24-21/h3-10,15H,2,11-14H2,1H3. The molecule has 0 amide bonds. The summed E-state index contributed by atoms with van der Waals surface area (Å²) in [6, 6.07) is 17.4. The van der Waals surface area contributed by atoms with Crippen molar-refractivity contribution in [3.05, 3.63) is 70.9 Å². The molecular weight excluding hydrogens is 304 g/mol. The number of aromatic nitrogens is 1. The molecule has 0 atom stereocenters. The molecule has 0 fully saturated rings. The first-order valence-electron chi connectivity index (χ1n) is 9.31. The molecule has 2 nitrogen and oxygen atoms in total. The van der Waals surface area contributed by atoms with Gasteiger partial charge < -0.3 is 4.57 Å². The number of aliphatic imine (C=N–C) groups is 1. The third-order valence-corrected chi connectivity index (χ3v) is 5.64. The maximum atomic E-state index is 4.99. The molecular formula is C23H22N2. The molecule has 1 aromatic heterocycles. The maximum absolute atomic E-state index is 4.99. The first kappa shape index (κ1) is 14.7. The zero-order valence-electron chi connectivity index (χ0n) is 14.6. The Bertz CT molecular complexity index is 1020. The summed E-state index contributed by atoms with van der Waals surface area (Å²) in [4.78, 5) is 4.99. The number of aryl methyl sites for hydroxylation is 3. The molecule has 124 valence electrons. The second-order valence-electron chi connectivity index (χ2n) is 6.98. The van der Waals surface area contributed by atoms with E-state index in [-0.39, 0.29) is 0 Å². The van der Waals surface area contributed by atoms with Crippen LogP contribution in [-0.2, 0) is 19.4 Å².